The number of benzene rings is 2. The highest BCUT2D eigenvalue weighted by Gasteiger charge is 2.37. The van der Waals surface area contributed by atoms with Crippen LogP contribution in [0, 0.1) is 18.0 Å². The number of hydrogen-bond acceptors (Lipinski definition) is 9. The maximum Gasteiger partial charge on any atom is 0.435 e. The van der Waals surface area contributed by atoms with Gasteiger partial charge in [0.2, 0.25) is 5.28 Å². The van der Waals surface area contributed by atoms with E-state index in [1.807, 2.05) is 11.6 Å². The first-order valence-electron chi connectivity index (χ1n) is 13.1. The SMILES string of the molecule is CC[C@@H](C)[C@@H](C(=O)NS(=O)(=O)c1ccc(-n2nc(C(F)(F)F)cc2-c2ccc(C)cc2)cc1)N(C)/[N+]([O-])=N\OCOC(C)=O. The number of halogens is 3. The van der Waals surface area contributed by atoms with Gasteiger partial charge in [0.15, 0.2) is 11.7 Å². The molecule has 2 atom stereocenters. The minimum absolute atomic E-state index is 0.0910. The molecule has 17 heteroatoms. The van der Waals surface area contributed by atoms with Crippen molar-refractivity contribution in [3.63, 3.8) is 0 Å². The van der Waals surface area contributed by atoms with Crippen LogP contribution in [-0.4, -0.2) is 59.9 Å². The highest BCUT2D eigenvalue weighted by molar-refractivity contribution is 7.90. The zero-order valence-corrected chi connectivity index (χ0v) is 25.2. The lowest BCUT2D eigenvalue weighted by Gasteiger charge is -2.27. The molecule has 44 heavy (non-hydrogen) atoms. The largest absolute Gasteiger partial charge is 0.569 e. The van der Waals surface area contributed by atoms with Gasteiger partial charge < -0.3 is 14.8 Å². The van der Waals surface area contributed by atoms with Crippen LogP contribution in [0.3, 0.4) is 0 Å². The average molecular weight is 641 g/mol. The van der Waals surface area contributed by atoms with Crippen molar-refractivity contribution in [1.29, 1.82) is 0 Å². The Morgan fingerprint density at radius 1 is 1.16 bits per heavy atom. The molecule has 2 aromatic carbocycles. The van der Waals surface area contributed by atoms with E-state index in [-0.39, 0.29) is 21.2 Å². The molecule has 3 rings (SSSR count). The number of sulfonamides is 1. The van der Waals surface area contributed by atoms with Crippen LogP contribution in [0.1, 0.15) is 38.4 Å². The van der Waals surface area contributed by atoms with Gasteiger partial charge in [0, 0.05) is 12.5 Å². The molecule has 1 amide bonds. The van der Waals surface area contributed by atoms with Crippen LogP contribution in [0.4, 0.5) is 13.2 Å². The molecule has 1 heterocycles. The summed E-state index contributed by atoms with van der Waals surface area (Å²) >= 11 is 0. The molecule has 0 aliphatic carbocycles. The number of aryl methyl sites for hydroxylation is 1. The smallest absolute Gasteiger partial charge is 0.435 e. The van der Waals surface area contributed by atoms with Crippen LogP contribution in [0.5, 0.6) is 0 Å². The number of hydrazine groups is 1. The molecule has 0 aliphatic heterocycles. The number of carbonyl (C=O) groups is 2. The molecule has 0 saturated heterocycles. The second kappa shape index (κ2) is 13.7. The molecular formula is C27H31F3N6O7S. The standard InChI is InChI=1S/C27H31F3N6O7S/c1-6-18(3)25(34(5)36(39)33-43-16-42-19(4)37)26(38)32-44(40,41)22-13-11-21(12-14-22)35-23(15-24(31-35)27(28,29)30)20-9-7-17(2)8-10-20/h7-15,18,25H,6,16H2,1-5H3,(H,32,38)/b36-33+/t18-,25+/m1/s1. The van der Waals surface area contributed by atoms with Crippen LogP contribution in [0.15, 0.2) is 64.8 Å². The summed E-state index contributed by atoms with van der Waals surface area (Å²) in [7, 11) is -3.31. The molecule has 0 spiro atoms. The van der Waals surface area contributed by atoms with Crippen LogP contribution in [0.2, 0.25) is 0 Å². The predicted octanol–water partition coefficient (Wildman–Crippen LogP) is 4.35. The maximum atomic E-state index is 13.5. The second-order valence-corrected chi connectivity index (χ2v) is 11.5. The number of esters is 1. The Hall–Kier alpha value is -4.67. The van der Waals surface area contributed by atoms with Crippen LogP contribution >= 0.6 is 0 Å². The fraction of sp³-hybridized carbons (Fsp3) is 0.370. The summed E-state index contributed by atoms with van der Waals surface area (Å²) in [6.45, 7) is 5.62. The van der Waals surface area contributed by atoms with E-state index in [4.69, 9.17) is 0 Å². The van der Waals surface area contributed by atoms with Gasteiger partial charge in [-0.15, -0.1) is 5.01 Å². The van der Waals surface area contributed by atoms with Crippen molar-refractivity contribution in [3.8, 4) is 16.9 Å². The monoisotopic (exact) mass is 640 g/mol. The van der Waals surface area contributed by atoms with Gasteiger partial charge in [-0.3, -0.25) is 9.59 Å². The van der Waals surface area contributed by atoms with Gasteiger partial charge in [-0.25, -0.2) is 17.8 Å². The number of carbonyl (C=O) groups excluding carboxylic acids is 2. The van der Waals surface area contributed by atoms with Gasteiger partial charge >= 0.3 is 12.1 Å². The van der Waals surface area contributed by atoms with Crippen molar-refractivity contribution in [2.75, 3.05) is 13.8 Å². The van der Waals surface area contributed by atoms with Gasteiger partial charge in [-0.1, -0.05) is 50.1 Å². The lowest BCUT2D eigenvalue weighted by atomic mass is 9.98. The molecule has 0 fully saturated rings. The van der Waals surface area contributed by atoms with Crippen LogP contribution in [0.25, 0.3) is 16.9 Å². The van der Waals surface area contributed by atoms with Gasteiger partial charge in [-0.2, -0.15) is 18.3 Å². The minimum Gasteiger partial charge on any atom is -0.569 e. The molecule has 0 saturated carbocycles. The molecule has 238 valence electrons. The molecule has 0 radical (unpaired) electrons. The Bertz CT molecular complexity index is 1610. The van der Waals surface area contributed by atoms with E-state index in [9.17, 15) is 36.4 Å². The Labute approximate surface area is 251 Å². The molecule has 1 N–H and O–H groups in total. The first kappa shape index (κ1) is 33.8. The minimum atomic E-state index is -4.72. The molecule has 1 aromatic heterocycles. The fourth-order valence-electron chi connectivity index (χ4n) is 4.03. The Kier molecular flexibility index (Phi) is 10.6. The Balaban J connectivity index is 1.87. The van der Waals surface area contributed by atoms with E-state index in [2.05, 4.69) is 20.0 Å². The zero-order chi connectivity index (χ0) is 32.8. The van der Waals surface area contributed by atoms with E-state index < -0.39 is 52.5 Å². The number of nitrogens with one attached hydrogen (secondary N) is 1. The number of aromatic nitrogens is 2. The topological polar surface area (TPSA) is 158 Å². The summed E-state index contributed by atoms with van der Waals surface area (Å²) in [4.78, 5) is 28.1. The van der Waals surface area contributed by atoms with E-state index in [0.717, 1.165) is 40.4 Å². The molecule has 0 aliphatic rings. The van der Waals surface area contributed by atoms with Crippen molar-refractivity contribution in [2.24, 2.45) is 11.2 Å². The van der Waals surface area contributed by atoms with Gasteiger partial charge in [-0.05, 0) is 43.2 Å². The van der Waals surface area contributed by atoms with Gasteiger partial charge in [0.25, 0.3) is 22.7 Å². The lowest BCUT2D eigenvalue weighted by molar-refractivity contribution is -0.712. The molecule has 0 bridgehead atoms. The summed E-state index contributed by atoms with van der Waals surface area (Å²) in [5, 5.41) is 20.1. The third-order valence-electron chi connectivity index (χ3n) is 6.54. The highest BCUT2D eigenvalue weighted by atomic mass is 32.2. The third kappa shape index (κ3) is 8.24. The van der Waals surface area contributed by atoms with Crippen molar-refractivity contribution in [1.82, 2.24) is 19.5 Å². The van der Waals surface area contributed by atoms with Crippen molar-refractivity contribution in [3.05, 3.63) is 71.1 Å². The number of ether oxygens (including phenoxy) is 1. The van der Waals surface area contributed by atoms with E-state index in [1.54, 1.807) is 38.1 Å². The van der Waals surface area contributed by atoms with E-state index in [1.165, 1.54) is 19.2 Å². The summed E-state index contributed by atoms with van der Waals surface area (Å²) in [6.07, 6.45) is -4.36. The number of alkyl halides is 3. The number of rotatable bonds is 12. The van der Waals surface area contributed by atoms with Gasteiger partial charge in [0.1, 0.15) is 0 Å². The maximum absolute atomic E-state index is 13.5. The van der Waals surface area contributed by atoms with E-state index in [0.29, 0.717) is 12.0 Å². The molecular weight excluding hydrogens is 609 g/mol. The van der Waals surface area contributed by atoms with Crippen molar-refractivity contribution < 1.29 is 45.7 Å². The lowest BCUT2D eigenvalue weighted by Crippen LogP contribution is -2.52. The van der Waals surface area contributed by atoms with Crippen LogP contribution < -0.4 is 4.72 Å². The quantitative estimate of drug-likeness (QED) is 0.0759. The third-order valence-corrected chi connectivity index (χ3v) is 7.90. The van der Waals surface area contributed by atoms with Crippen LogP contribution in [-0.2, 0) is 35.4 Å². The summed E-state index contributed by atoms with van der Waals surface area (Å²) in [5.41, 5.74) is 0.493. The summed E-state index contributed by atoms with van der Waals surface area (Å²) < 4.78 is 74.3. The fourth-order valence-corrected chi connectivity index (χ4v) is 5.03. The Morgan fingerprint density at radius 2 is 1.77 bits per heavy atom. The average Bonchev–Trinajstić information content (AvgIpc) is 3.41. The molecule has 3 aromatic rings. The number of likely N-dealkylation sites (N-methyl/N-ethyl adjacent to an activating group) is 1. The molecule has 13 nitrogen and oxygen atoms in total. The molecule has 0 unspecified atom stereocenters. The first-order chi connectivity index (χ1) is 20.5. The number of nitrogens with zero attached hydrogens (tertiary/aromatic N) is 5. The zero-order valence-electron chi connectivity index (χ0n) is 24.4. The predicted molar refractivity (Wildman–Crippen MR) is 149 cm³/mol. The van der Waals surface area contributed by atoms with Crippen molar-refractivity contribution in [2.45, 2.75) is 51.2 Å². The first-order valence-corrected chi connectivity index (χ1v) is 14.6. The number of amides is 1. The normalized spacial score (nSPS) is 13.6. The highest BCUT2D eigenvalue weighted by Crippen LogP contribution is 2.33. The summed E-state index contributed by atoms with van der Waals surface area (Å²) in [6, 6.07) is 11.1. The Morgan fingerprint density at radius 3 is 2.32 bits per heavy atom. The summed E-state index contributed by atoms with van der Waals surface area (Å²) in [5.74, 6) is -2.27. The van der Waals surface area contributed by atoms with Crippen molar-refractivity contribution >= 4 is 21.9 Å². The van der Waals surface area contributed by atoms with Gasteiger partial charge in [0.05, 0.1) is 28.3 Å². The second-order valence-electron chi connectivity index (χ2n) is 9.78. The van der Waals surface area contributed by atoms with E-state index >= 15 is 0 Å². The number of hydrogen-bond donors (Lipinski definition) is 1.